The third-order valence-electron chi connectivity index (χ3n) is 3.41. The van der Waals surface area contributed by atoms with Gasteiger partial charge in [0.25, 0.3) is 0 Å². The minimum atomic E-state index is 0.670. The minimum absolute atomic E-state index is 0.670. The topological polar surface area (TPSA) is 3.24 Å². The van der Waals surface area contributed by atoms with Crippen LogP contribution in [0, 0.1) is 17.3 Å². The van der Waals surface area contributed by atoms with Gasteiger partial charge in [-0.25, -0.2) is 0 Å². The molecule has 2 fully saturated rings. The molecule has 0 unspecified atom stereocenters. The molecule has 60 valence electrons. The van der Waals surface area contributed by atoms with Gasteiger partial charge in [0.1, 0.15) is 0 Å². The number of hydrogen-bond acceptors (Lipinski definition) is 1. The molecular weight excluding hydrogens is 133 g/mol. The summed E-state index contributed by atoms with van der Waals surface area (Å²) in [5.41, 5.74) is 0.670. The molecule has 0 aromatic carbocycles. The molecule has 1 spiro atoms. The Kier molecular flexibility index (Phi) is 1.57. The molecule has 0 atom stereocenters. The average molecular weight is 149 g/mol. The van der Waals surface area contributed by atoms with Crippen molar-refractivity contribution in [3.63, 3.8) is 0 Å². The maximum Gasteiger partial charge on any atom is 0.182 e. The number of hydrogen-bond donors (Lipinski definition) is 0. The predicted octanol–water partition coefficient (Wildman–Crippen LogP) is 1.44. The second kappa shape index (κ2) is 2.26. The second-order valence-electron chi connectivity index (χ2n) is 4.82. The Morgan fingerprint density at radius 1 is 1.36 bits per heavy atom. The average Bonchev–Trinajstić information content (AvgIpc) is 1.73. The normalized spacial score (nSPS) is 30.5. The maximum absolute atomic E-state index is 5.62. The molecule has 2 rings (SSSR count). The molecule has 0 bridgehead atoms. The van der Waals surface area contributed by atoms with Crippen LogP contribution in [0.1, 0.15) is 26.7 Å². The lowest BCUT2D eigenvalue weighted by atomic mass is 9.54. The van der Waals surface area contributed by atoms with E-state index in [-0.39, 0.29) is 0 Å². The van der Waals surface area contributed by atoms with Crippen molar-refractivity contribution >= 4 is 7.98 Å². The molecule has 0 aromatic rings. The van der Waals surface area contributed by atoms with Gasteiger partial charge in [0.2, 0.25) is 0 Å². The van der Waals surface area contributed by atoms with E-state index in [0.29, 0.717) is 5.41 Å². The standard InChI is InChI=1S/C9H16BN/c1-7(2)8-3-9(4-8)5-11(10)6-9/h7-8H,3-6H2,1-2H3. The third-order valence-corrected chi connectivity index (χ3v) is 3.41. The Hall–Kier alpha value is 0.0249. The van der Waals surface area contributed by atoms with Gasteiger partial charge >= 0.3 is 0 Å². The Bertz CT molecular complexity index is 153. The van der Waals surface area contributed by atoms with Crippen molar-refractivity contribution in [1.29, 1.82) is 0 Å². The van der Waals surface area contributed by atoms with Gasteiger partial charge in [-0.3, -0.25) is 0 Å². The first-order valence-corrected chi connectivity index (χ1v) is 4.61. The first-order valence-electron chi connectivity index (χ1n) is 4.61. The fourth-order valence-corrected chi connectivity index (χ4v) is 2.60. The van der Waals surface area contributed by atoms with Gasteiger partial charge in [-0.2, -0.15) is 0 Å². The molecule has 1 aliphatic carbocycles. The smallest absolute Gasteiger partial charge is 0.182 e. The molecule has 1 aliphatic heterocycles. The molecule has 0 amide bonds. The fraction of sp³-hybridized carbons (Fsp3) is 1.00. The Morgan fingerprint density at radius 3 is 2.27 bits per heavy atom. The van der Waals surface area contributed by atoms with Crippen LogP contribution in [0.5, 0.6) is 0 Å². The van der Waals surface area contributed by atoms with Crippen molar-refractivity contribution in [2.24, 2.45) is 17.3 Å². The summed E-state index contributed by atoms with van der Waals surface area (Å²) in [5, 5.41) is 0. The number of rotatable bonds is 1. The molecule has 2 aliphatic rings. The van der Waals surface area contributed by atoms with E-state index in [0.717, 1.165) is 24.9 Å². The highest BCUT2D eigenvalue weighted by molar-refractivity contribution is 6.05. The van der Waals surface area contributed by atoms with Crippen molar-refractivity contribution < 1.29 is 0 Å². The second-order valence-corrected chi connectivity index (χ2v) is 4.82. The summed E-state index contributed by atoms with van der Waals surface area (Å²) < 4.78 is 0. The van der Waals surface area contributed by atoms with Crippen LogP contribution in [0.25, 0.3) is 0 Å². The summed E-state index contributed by atoms with van der Waals surface area (Å²) >= 11 is 0. The van der Waals surface area contributed by atoms with E-state index in [4.69, 9.17) is 7.98 Å². The molecule has 2 radical (unpaired) electrons. The van der Waals surface area contributed by atoms with E-state index in [1.165, 1.54) is 12.8 Å². The summed E-state index contributed by atoms with van der Waals surface area (Å²) in [6, 6.07) is 0. The summed E-state index contributed by atoms with van der Waals surface area (Å²) in [7, 11) is 5.62. The van der Waals surface area contributed by atoms with E-state index < -0.39 is 0 Å². The van der Waals surface area contributed by atoms with E-state index in [1.54, 1.807) is 0 Å². The Morgan fingerprint density at radius 2 is 1.91 bits per heavy atom. The maximum atomic E-state index is 5.62. The monoisotopic (exact) mass is 149 g/mol. The van der Waals surface area contributed by atoms with Crippen molar-refractivity contribution in [3.05, 3.63) is 0 Å². The molecule has 0 aromatic heterocycles. The molecule has 0 N–H and O–H groups in total. The molecule has 2 heteroatoms. The Labute approximate surface area is 70.6 Å². The van der Waals surface area contributed by atoms with Crippen LogP contribution in [0.2, 0.25) is 0 Å². The van der Waals surface area contributed by atoms with Gasteiger partial charge in [-0.15, -0.1) is 0 Å². The van der Waals surface area contributed by atoms with Crippen LogP contribution in [0.15, 0.2) is 0 Å². The van der Waals surface area contributed by atoms with Gasteiger partial charge in [-0.1, -0.05) is 13.8 Å². The highest BCUT2D eigenvalue weighted by Gasteiger charge is 2.50. The minimum Gasteiger partial charge on any atom is -0.352 e. The van der Waals surface area contributed by atoms with Gasteiger partial charge in [0.15, 0.2) is 7.98 Å². The predicted molar refractivity (Wildman–Crippen MR) is 47.3 cm³/mol. The zero-order chi connectivity index (χ0) is 8.06. The highest BCUT2D eigenvalue weighted by atomic mass is 15.1. The first-order chi connectivity index (χ1) is 5.11. The van der Waals surface area contributed by atoms with Gasteiger partial charge in [0.05, 0.1) is 0 Å². The molecule has 1 saturated heterocycles. The number of nitrogens with zero attached hydrogens (tertiary/aromatic N) is 1. The van der Waals surface area contributed by atoms with Gasteiger partial charge < -0.3 is 4.81 Å². The summed E-state index contributed by atoms with van der Waals surface area (Å²) in [4.78, 5) is 1.94. The Balaban J connectivity index is 1.80. The van der Waals surface area contributed by atoms with Crippen LogP contribution < -0.4 is 0 Å². The van der Waals surface area contributed by atoms with Crippen LogP contribution in [-0.4, -0.2) is 25.9 Å². The zero-order valence-corrected chi connectivity index (χ0v) is 7.51. The first kappa shape index (κ1) is 7.66. The largest absolute Gasteiger partial charge is 0.352 e. The van der Waals surface area contributed by atoms with Crippen LogP contribution >= 0.6 is 0 Å². The van der Waals surface area contributed by atoms with Gasteiger partial charge in [0, 0.05) is 0 Å². The highest BCUT2D eigenvalue weighted by Crippen LogP contribution is 2.53. The quantitative estimate of drug-likeness (QED) is 0.510. The molecule has 1 heterocycles. The van der Waals surface area contributed by atoms with Crippen molar-refractivity contribution in [2.45, 2.75) is 26.7 Å². The molecular formula is C9H16BN. The lowest BCUT2D eigenvalue weighted by molar-refractivity contribution is -0.0678. The van der Waals surface area contributed by atoms with E-state index in [9.17, 15) is 0 Å². The van der Waals surface area contributed by atoms with E-state index in [2.05, 4.69) is 13.8 Å². The van der Waals surface area contributed by atoms with Crippen LogP contribution in [0.3, 0.4) is 0 Å². The van der Waals surface area contributed by atoms with Crippen molar-refractivity contribution in [3.8, 4) is 0 Å². The van der Waals surface area contributed by atoms with E-state index >= 15 is 0 Å². The third kappa shape index (κ3) is 1.12. The lowest BCUT2D eigenvalue weighted by Crippen LogP contribution is -2.61. The van der Waals surface area contributed by atoms with Crippen LogP contribution in [0.4, 0.5) is 0 Å². The van der Waals surface area contributed by atoms with Crippen LogP contribution in [-0.2, 0) is 0 Å². The molecule has 1 nitrogen and oxygen atoms in total. The summed E-state index contributed by atoms with van der Waals surface area (Å²) in [5.74, 6) is 1.87. The fourth-order valence-electron chi connectivity index (χ4n) is 2.60. The SMILES string of the molecule is [B]N1CC2(CC(C(C)C)C2)C1. The van der Waals surface area contributed by atoms with Crippen molar-refractivity contribution in [2.75, 3.05) is 13.1 Å². The van der Waals surface area contributed by atoms with E-state index in [1.807, 2.05) is 4.81 Å². The summed E-state index contributed by atoms with van der Waals surface area (Å²) in [6.45, 7) is 6.96. The van der Waals surface area contributed by atoms with Gasteiger partial charge in [-0.05, 0) is 43.2 Å². The lowest BCUT2D eigenvalue weighted by Gasteiger charge is -2.60. The molecule has 11 heavy (non-hydrogen) atoms. The van der Waals surface area contributed by atoms with Crippen molar-refractivity contribution in [1.82, 2.24) is 4.81 Å². The zero-order valence-electron chi connectivity index (χ0n) is 7.51. The summed E-state index contributed by atoms with van der Waals surface area (Å²) in [6.07, 6.45) is 2.86. The molecule has 1 saturated carbocycles.